The van der Waals surface area contributed by atoms with Gasteiger partial charge in [0, 0.05) is 11.1 Å². The molecule has 0 spiro atoms. The van der Waals surface area contributed by atoms with Gasteiger partial charge in [0.05, 0.1) is 6.21 Å². The van der Waals surface area contributed by atoms with E-state index in [2.05, 4.69) is 10.2 Å². The predicted octanol–water partition coefficient (Wildman–Crippen LogP) is 4.29. The number of Topliss-reactive ketones (excluding diaryl/α,β-unsaturated/α-hetero) is 1. The molecule has 0 atom stereocenters. The van der Waals surface area contributed by atoms with Crippen molar-refractivity contribution in [1.82, 2.24) is 0 Å². The molecule has 118 valence electrons. The summed E-state index contributed by atoms with van der Waals surface area (Å²) in [6.07, 6.45) is 1.49. The van der Waals surface area contributed by atoms with Gasteiger partial charge in [-0.2, -0.15) is 5.10 Å². The monoisotopic (exact) mass is 316 g/mol. The van der Waals surface area contributed by atoms with E-state index in [0.717, 1.165) is 11.3 Å². The van der Waals surface area contributed by atoms with Gasteiger partial charge < -0.3 is 4.42 Å². The Hall–Kier alpha value is -3.27. The van der Waals surface area contributed by atoms with Gasteiger partial charge in [0.1, 0.15) is 17.2 Å². The Labute approximate surface area is 140 Å². The summed E-state index contributed by atoms with van der Waals surface area (Å²) in [6, 6.07) is 22.0. The lowest BCUT2D eigenvalue weighted by atomic mass is 10.0. The number of ketones is 1. The minimum Gasteiger partial charge on any atom is -0.460 e. The zero-order valence-corrected chi connectivity index (χ0v) is 13.2. The number of carbonyl (C=O) groups excluding carboxylic acids is 1. The fourth-order valence-electron chi connectivity index (χ4n) is 2.22. The maximum atomic E-state index is 12.8. The van der Waals surface area contributed by atoms with Crippen molar-refractivity contribution in [2.24, 2.45) is 10.2 Å². The summed E-state index contributed by atoms with van der Waals surface area (Å²) in [5, 5.41) is 8.18. The molecule has 0 saturated heterocycles. The SMILES string of the molecule is Cc1ccc(/C=N\N=C(/C(=O)c2ccccc2)c2ccccc2)o1. The maximum Gasteiger partial charge on any atom is 0.213 e. The molecule has 24 heavy (non-hydrogen) atoms. The number of benzene rings is 2. The van der Waals surface area contributed by atoms with Gasteiger partial charge in [-0.05, 0) is 19.1 Å². The van der Waals surface area contributed by atoms with Gasteiger partial charge in [-0.25, -0.2) is 0 Å². The van der Waals surface area contributed by atoms with E-state index in [1.54, 1.807) is 18.2 Å². The normalized spacial score (nSPS) is 11.8. The first-order valence-electron chi connectivity index (χ1n) is 7.56. The van der Waals surface area contributed by atoms with E-state index < -0.39 is 0 Å². The first-order valence-corrected chi connectivity index (χ1v) is 7.56. The lowest BCUT2D eigenvalue weighted by Crippen LogP contribution is -2.15. The van der Waals surface area contributed by atoms with Crippen LogP contribution in [-0.4, -0.2) is 17.7 Å². The van der Waals surface area contributed by atoms with Crippen LogP contribution in [-0.2, 0) is 0 Å². The first kappa shape index (κ1) is 15.6. The number of aryl methyl sites for hydroxylation is 1. The number of hydrogen-bond donors (Lipinski definition) is 0. The largest absolute Gasteiger partial charge is 0.460 e. The number of carbonyl (C=O) groups is 1. The van der Waals surface area contributed by atoms with E-state index >= 15 is 0 Å². The molecule has 3 aromatic rings. The second-order valence-electron chi connectivity index (χ2n) is 5.20. The van der Waals surface area contributed by atoms with Crippen LogP contribution in [0.25, 0.3) is 0 Å². The number of nitrogens with zero attached hydrogens (tertiary/aromatic N) is 2. The molecule has 0 aliphatic carbocycles. The van der Waals surface area contributed by atoms with Gasteiger partial charge in [0.15, 0.2) is 0 Å². The lowest BCUT2D eigenvalue weighted by molar-refractivity contribution is 0.106. The fraction of sp³-hybridized carbons (Fsp3) is 0.0500. The molecular formula is C20H16N2O2. The summed E-state index contributed by atoms with van der Waals surface area (Å²) < 4.78 is 5.41. The molecule has 0 saturated carbocycles. The molecule has 0 radical (unpaired) electrons. The summed E-state index contributed by atoms with van der Waals surface area (Å²) in [4.78, 5) is 12.8. The Morgan fingerprint density at radius 1 is 0.875 bits per heavy atom. The molecule has 0 amide bonds. The van der Waals surface area contributed by atoms with E-state index in [1.807, 2.05) is 61.5 Å². The summed E-state index contributed by atoms with van der Waals surface area (Å²) in [6.45, 7) is 1.86. The molecule has 3 rings (SSSR count). The predicted molar refractivity (Wildman–Crippen MR) is 94.8 cm³/mol. The molecule has 1 heterocycles. The third kappa shape index (κ3) is 3.73. The van der Waals surface area contributed by atoms with Crippen LogP contribution in [0.2, 0.25) is 0 Å². The zero-order chi connectivity index (χ0) is 16.8. The minimum absolute atomic E-state index is 0.172. The summed E-state index contributed by atoms with van der Waals surface area (Å²) in [5.74, 6) is 1.22. The Balaban J connectivity index is 1.95. The van der Waals surface area contributed by atoms with Gasteiger partial charge in [-0.15, -0.1) is 5.10 Å². The van der Waals surface area contributed by atoms with Crippen molar-refractivity contribution in [3.63, 3.8) is 0 Å². The highest BCUT2D eigenvalue weighted by Crippen LogP contribution is 2.10. The average Bonchev–Trinajstić information content (AvgIpc) is 3.05. The standard InChI is InChI=1S/C20H16N2O2/c1-15-12-13-18(24-15)14-21-22-19(16-8-4-2-5-9-16)20(23)17-10-6-3-7-11-17/h2-14H,1H3/b21-14-,22-19-. The molecule has 0 bridgehead atoms. The van der Waals surface area contributed by atoms with Crippen LogP contribution in [0.15, 0.2) is 87.4 Å². The van der Waals surface area contributed by atoms with Crippen molar-refractivity contribution in [3.05, 3.63) is 95.4 Å². The van der Waals surface area contributed by atoms with Crippen LogP contribution in [0.4, 0.5) is 0 Å². The van der Waals surface area contributed by atoms with Gasteiger partial charge >= 0.3 is 0 Å². The van der Waals surface area contributed by atoms with E-state index in [-0.39, 0.29) is 5.78 Å². The van der Waals surface area contributed by atoms with Crippen LogP contribution in [0.1, 0.15) is 27.4 Å². The van der Waals surface area contributed by atoms with Gasteiger partial charge in [0.25, 0.3) is 0 Å². The summed E-state index contributed by atoms with van der Waals surface area (Å²) in [5.41, 5.74) is 1.59. The molecule has 4 nitrogen and oxygen atoms in total. The van der Waals surface area contributed by atoms with E-state index in [4.69, 9.17) is 4.42 Å². The Bertz CT molecular complexity index is 878. The van der Waals surface area contributed by atoms with Gasteiger partial charge in [-0.3, -0.25) is 4.79 Å². The Morgan fingerprint density at radius 2 is 1.50 bits per heavy atom. The molecule has 2 aromatic carbocycles. The van der Waals surface area contributed by atoms with Gasteiger partial charge in [0.2, 0.25) is 5.78 Å². The Morgan fingerprint density at radius 3 is 2.08 bits per heavy atom. The maximum absolute atomic E-state index is 12.8. The third-order valence-electron chi connectivity index (χ3n) is 3.40. The second kappa shape index (κ2) is 7.33. The molecule has 1 aromatic heterocycles. The van der Waals surface area contributed by atoms with Crippen LogP contribution in [0.3, 0.4) is 0 Å². The molecular weight excluding hydrogens is 300 g/mol. The van der Waals surface area contributed by atoms with Crippen molar-refractivity contribution >= 4 is 17.7 Å². The van der Waals surface area contributed by atoms with E-state index in [9.17, 15) is 4.79 Å². The average molecular weight is 316 g/mol. The zero-order valence-electron chi connectivity index (χ0n) is 13.2. The van der Waals surface area contributed by atoms with Crippen molar-refractivity contribution in [2.75, 3.05) is 0 Å². The minimum atomic E-state index is -0.172. The van der Waals surface area contributed by atoms with Crippen molar-refractivity contribution in [1.29, 1.82) is 0 Å². The second-order valence-corrected chi connectivity index (χ2v) is 5.20. The summed E-state index contributed by atoms with van der Waals surface area (Å²) >= 11 is 0. The number of rotatable bonds is 5. The number of hydrogen-bond acceptors (Lipinski definition) is 4. The van der Waals surface area contributed by atoms with Crippen molar-refractivity contribution in [3.8, 4) is 0 Å². The molecule has 0 fully saturated rings. The lowest BCUT2D eigenvalue weighted by Gasteiger charge is -2.04. The van der Waals surface area contributed by atoms with Crippen LogP contribution in [0, 0.1) is 6.92 Å². The summed E-state index contributed by atoms with van der Waals surface area (Å²) in [7, 11) is 0. The quantitative estimate of drug-likeness (QED) is 0.400. The third-order valence-corrected chi connectivity index (χ3v) is 3.40. The van der Waals surface area contributed by atoms with Crippen LogP contribution in [0.5, 0.6) is 0 Å². The van der Waals surface area contributed by atoms with Crippen LogP contribution < -0.4 is 0 Å². The molecule has 0 unspecified atom stereocenters. The highest BCUT2D eigenvalue weighted by Gasteiger charge is 2.15. The molecule has 4 heteroatoms. The molecule has 0 aliphatic rings. The fourth-order valence-corrected chi connectivity index (χ4v) is 2.22. The Kier molecular flexibility index (Phi) is 4.77. The topological polar surface area (TPSA) is 54.9 Å². The molecule has 0 aliphatic heterocycles. The highest BCUT2D eigenvalue weighted by atomic mass is 16.3. The first-order chi connectivity index (χ1) is 11.7. The van der Waals surface area contributed by atoms with Crippen molar-refractivity contribution < 1.29 is 9.21 Å². The number of furan rings is 1. The van der Waals surface area contributed by atoms with Gasteiger partial charge in [-0.1, -0.05) is 60.7 Å². The van der Waals surface area contributed by atoms with Crippen molar-refractivity contribution in [2.45, 2.75) is 6.92 Å². The van der Waals surface area contributed by atoms with E-state index in [0.29, 0.717) is 17.0 Å². The smallest absolute Gasteiger partial charge is 0.213 e. The highest BCUT2D eigenvalue weighted by molar-refractivity contribution is 6.51. The van der Waals surface area contributed by atoms with E-state index in [1.165, 1.54) is 6.21 Å². The van der Waals surface area contributed by atoms with Crippen LogP contribution >= 0.6 is 0 Å². The molecule has 0 N–H and O–H groups in total.